The van der Waals surface area contributed by atoms with Gasteiger partial charge in [0, 0.05) is 38.4 Å². The van der Waals surface area contributed by atoms with E-state index in [1.54, 1.807) is 0 Å². The molecule has 0 bridgehead atoms. The van der Waals surface area contributed by atoms with E-state index in [9.17, 15) is 4.79 Å². The molecule has 0 radical (unpaired) electrons. The van der Waals surface area contributed by atoms with E-state index < -0.39 is 0 Å². The van der Waals surface area contributed by atoms with E-state index in [2.05, 4.69) is 23.1 Å². The minimum absolute atomic E-state index is 0.00412. The van der Waals surface area contributed by atoms with E-state index in [-0.39, 0.29) is 17.9 Å². The van der Waals surface area contributed by atoms with Crippen LogP contribution in [0.15, 0.2) is 24.3 Å². The average Bonchev–Trinajstić information content (AvgIpc) is 3.01. The molecule has 0 aromatic heterocycles. The summed E-state index contributed by atoms with van der Waals surface area (Å²) < 4.78 is 5.44. The number of nitrogens with zero attached hydrogens (tertiary/aromatic N) is 2. The Labute approximate surface area is 138 Å². The summed E-state index contributed by atoms with van der Waals surface area (Å²) in [6.07, 6.45) is 2.96. The number of morpholine rings is 1. The van der Waals surface area contributed by atoms with E-state index in [4.69, 9.17) is 10.5 Å². The van der Waals surface area contributed by atoms with Crippen LogP contribution in [0.2, 0.25) is 0 Å². The molecule has 2 aliphatic rings. The van der Waals surface area contributed by atoms with Gasteiger partial charge in [-0.1, -0.05) is 24.6 Å². The van der Waals surface area contributed by atoms with Crippen LogP contribution in [-0.2, 0) is 16.1 Å². The summed E-state index contributed by atoms with van der Waals surface area (Å²) in [5.74, 6) is 0.183. The Morgan fingerprint density at radius 3 is 2.74 bits per heavy atom. The van der Waals surface area contributed by atoms with Gasteiger partial charge >= 0.3 is 0 Å². The average molecular weight is 317 g/mol. The number of hydrogen-bond donors (Lipinski definition) is 1. The molecule has 126 valence electrons. The Hall–Kier alpha value is -1.59. The zero-order valence-electron chi connectivity index (χ0n) is 13.9. The molecule has 2 N–H and O–H groups in total. The molecule has 3 rings (SSSR count). The van der Waals surface area contributed by atoms with Gasteiger partial charge in [-0.25, -0.2) is 0 Å². The summed E-state index contributed by atoms with van der Waals surface area (Å²) >= 11 is 0. The van der Waals surface area contributed by atoms with Gasteiger partial charge in [0.1, 0.15) is 0 Å². The number of rotatable bonds is 4. The fraction of sp³-hybridized carbons (Fsp3) is 0.611. The second kappa shape index (κ2) is 7.32. The number of hydrogen-bond acceptors (Lipinski definition) is 4. The second-order valence-corrected chi connectivity index (χ2v) is 6.62. The predicted molar refractivity (Wildman–Crippen MR) is 91.3 cm³/mol. The smallest absolute Gasteiger partial charge is 0.227 e. The van der Waals surface area contributed by atoms with E-state index in [0.717, 1.165) is 45.6 Å². The van der Waals surface area contributed by atoms with Crippen molar-refractivity contribution >= 4 is 11.6 Å². The zero-order chi connectivity index (χ0) is 16.2. The molecule has 1 amide bonds. The molecule has 2 atom stereocenters. The van der Waals surface area contributed by atoms with Gasteiger partial charge in [0.25, 0.3) is 0 Å². The molecule has 2 unspecified atom stereocenters. The van der Waals surface area contributed by atoms with Crippen molar-refractivity contribution in [3.8, 4) is 0 Å². The van der Waals surface area contributed by atoms with Crippen LogP contribution in [0.25, 0.3) is 0 Å². The fourth-order valence-corrected chi connectivity index (χ4v) is 3.67. The van der Waals surface area contributed by atoms with Crippen molar-refractivity contribution in [2.75, 3.05) is 38.3 Å². The van der Waals surface area contributed by atoms with Gasteiger partial charge in [-0.3, -0.25) is 4.79 Å². The van der Waals surface area contributed by atoms with Gasteiger partial charge in [-0.2, -0.15) is 0 Å². The lowest BCUT2D eigenvalue weighted by molar-refractivity contribution is -0.134. The first kappa shape index (κ1) is 16.3. The van der Waals surface area contributed by atoms with Crippen LogP contribution in [0, 0.1) is 5.92 Å². The topological polar surface area (TPSA) is 58.8 Å². The third kappa shape index (κ3) is 3.67. The standard InChI is InChI=1S/C18H27N3O2/c1-20(18(22)15-6-4-7-16(15)19)13-14-5-2-3-8-17(14)21-9-11-23-12-10-21/h2-3,5,8,15-16H,4,6-7,9-13,19H2,1H3. The molecule has 0 spiro atoms. The number of amides is 1. The lowest BCUT2D eigenvalue weighted by Crippen LogP contribution is -2.40. The number of anilines is 1. The molecule has 2 fully saturated rings. The molecule has 1 saturated carbocycles. The largest absolute Gasteiger partial charge is 0.378 e. The van der Waals surface area contributed by atoms with Gasteiger partial charge < -0.3 is 20.3 Å². The second-order valence-electron chi connectivity index (χ2n) is 6.62. The van der Waals surface area contributed by atoms with Crippen LogP contribution in [0.3, 0.4) is 0 Å². The van der Waals surface area contributed by atoms with Gasteiger partial charge in [0.15, 0.2) is 0 Å². The molecule has 5 nitrogen and oxygen atoms in total. The summed E-state index contributed by atoms with van der Waals surface area (Å²) in [5.41, 5.74) is 8.49. The minimum Gasteiger partial charge on any atom is -0.378 e. The summed E-state index contributed by atoms with van der Waals surface area (Å²) in [5, 5.41) is 0. The SMILES string of the molecule is CN(Cc1ccccc1N1CCOCC1)C(=O)C1CCCC1N. The first-order valence-corrected chi connectivity index (χ1v) is 8.58. The maximum atomic E-state index is 12.7. The van der Waals surface area contributed by atoms with Gasteiger partial charge in [-0.05, 0) is 24.5 Å². The Bertz CT molecular complexity index is 543. The van der Waals surface area contributed by atoms with Crippen LogP contribution in [-0.4, -0.2) is 50.2 Å². The van der Waals surface area contributed by atoms with Crippen molar-refractivity contribution in [1.29, 1.82) is 0 Å². The first-order chi connectivity index (χ1) is 11.2. The molecular weight excluding hydrogens is 290 g/mol. The third-order valence-corrected chi connectivity index (χ3v) is 5.01. The van der Waals surface area contributed by atoms with Crippen LogP contribution >= 0.6 is 0 Å². The van der Waals surface area contributed by atoms with Crippen molar-refractivity contribution in [3.05, 3.63) is 29.8 Å². The van der Waals surface area contributed by atoms with Crippen molar-refractivity contribution in [2.24, 2.45) is 11.7 Å². The monoisotopic (exact) mass is 317 g/mol. The molecule has 1 aromatic rings. The molecule has 5 heteroatoms. The molecule has 23 heavy (non-hydrogen) atoms. The van der Waals surface area contributed by atoms with Crippen molar-refractivity contribution in [2.45, 2.75) is 31.8 Å². The maximum Gasteiger partial charge on any atom is 0.227 e. The van der Waals surface area contributed by atoms with Crippen molar-refractivity contribution in [1.82, 2.24) is 4.90 Å². The molecule has 1 aromatic carbocycles. The lowest BCUT2D eigenvalue weighted by atomic mass is 10.0. The van der Waals surface area contributed by atoms with E-state index >= 15 is 0 Å². The molecule has 1 saturated heterocycles. The van der Waals surface area contributed by atoms with E-state index in [1.807, 2.05) is 18.0 Å². The number of benzene rings is 1. The minimum atomic E-state index is -0.00412. The highest BCUT2D eigenvalue weighted by Crippen LogP contribution is 2.27. The van der Waals surface area contributed by atoms with Gasteiger partial charge in [0.2, 0.25) is 5.91 Å². The number of nitrogens with two attached hydrogens (primary N) is 1. The third-order valence-electron chi connectivity index (χ3n) is 5.01. The number of ether oxygens (including phenoxy) is 1. The number of carbonyl (C=O) groups excluding carboxylic acids is 1. The van der Waals surface area contributed by atoms with Crippen LogP contribution < -0.4 is 10.6 Å². The van der Waals surface area contributed by atoms with Crippen molar-refractivity contribution in [3.63, 3.8) is 0 Å². The Balaban J connectivity index is 1.70. The van der Waals surface area contributed by atoms with Gasteiger partial charge in [0.05, 0.1) is 19.1 Å². The first-order valence-electron chi connectivity index (χ1n) is 8.58. The predicted octanol–water partition coefficient (Wildman–Crippen LogP) is 1.61. The summed E-state index contributed by atoms with van der Waals surface area (Å²) in [6.45, 7) is 3.97. The molecule has 1 heterocycles. The fourth-order valence-electron chi connectivity index (χ4n) is 3.67. The Kier molecular flexibility index (Phi) is 5.18. The van der Waals surface area contributed by atoms with Gasteiger partial charge in [-0.15, -0.1) is 0 Å². The summed E-state index contributed by atoms with van der Waals surface area (Å²) in [6, 6.07) is 8.38. The summed E-state index contributed by atoms with van der Waals surface area (Å²) in [7, 11) is 1.89. The van der Waals surface area contributed by atoms with Crippen LogP contribution in [0.4, 0.5) is 5.69 Å². The van der Waals surface area contributed by atoms with Crippen LogP contribution in [0.5, 0.6) is 0 Å². The van der Waals surface area contributed by atoms with Crippen molar-refractivity contribution < 1.29 is 9.53 Å². The molecule has 1 aliphatic carbocycles. The highest BCUT2D eigenvalue weighted by Gasteiger charge is 2.32. The van der Waals surface area contributed by atoms with E-state index in [0.29, 0.717) is 6.54 Å². The quantitative estimate of drug-likeness (QED) is 0.916. The Morgan fingerprint density at radius 2 is 2.04 bits per heavy atom. The zero-order valence-corrected chi connectivity index (χ0v) is 13.9. The highest BCUT2D eigenvalue weighted by molar-refractivity contribution is 5.79. The highest BCUT2D eigenvalue weighted by atomic mass is 16.5. The molecular formula is C18H27N3O2. The van der Waals surface area contributed by atoms with Crippen LogP contribution in [0.1, 0.15) is 24.8 Å². The summed E-state index contributed by atoms with van der Waals surface area (Å²) in [4.78, 5) is 16.8. The Morgan fingerprint density at radius 1 is 1.30 bits per heavy atom. The van der Waals surface area contributed by atoms with E-state index in [1.165, 1.54) is 11.3 Å². The lowest BCUT2D eigenvalue weighted by Gasteiger charge is -2.32. The normalized spacial score (nSPS) is 24.7. The number of carbonyl (C=O) groups is 1. The maximum absolute atomic E-state index is 12.7. The molecule has 1 aliphatic heterocycles. The number of para-hydroxylation sites is 1.